The zero-order chi connectivity index (χ0) is 13.1. The molecule has 17 heavy (non-hydrogen) atoms. The highest BCUT2D eigenvalue weighted by Crippen LogP contribution is 2.19. The lowest BCUT2D eigenvalue weighted by Crippen LogP contribution is -2.23. The number of sulfonamides is 1. The van der Waals surface area contributed by atoms with Crippen LogP contribution in [0, 0.1) is 6.92 Å². The number of rotatable bonds is 5. The Kier molecular flexibility index (Phi) is 4.68. The van der Waals surface area contributed by atoms with Gasteiger partial charge in [0.2, 0.25) is 10.0 Å². The second-order valence-electron chi connectivity index (χ2n) is 4.17. The SMILES string of the molecule is CCNCc1ccc(C)c(S(=O)(=O)N(C)C)c1. The second-order valence-corrected chi connectivity index (χ2v) is 6.29. The number of nitrogens with one attached hydrogen (secondary N) is 1. The first-order valence-electron chi connectivity index (χ1n) is 5.62. The van der Waals surface area contributed by atoms with Crippen LogP contribution in [0.5, 0.6) is 0 Å². The summed E-state index contributed by atoms with van der Waals surface area (Å²) in [4.78, 5) is 0.387. The predicted molar refractivity (Wildman–Crippen MR) is 69.4 cm³/mol. The maximum atomic E-state index is 12.1. The molecular formula is C12H20N2O2S. The summed E-state index contributed by atoms with van der Waals surface area (Å²) in [5.74, 6) is 0. The fourth-order valence-corrected chi connectivity index (χ4v) is 2.67. The Morgan fingerprint density at radius 3 is 2.47 bits per heavy atom. The lowest BCUT2D eigenvalue weighted by atomic mass is 10.1. The molecule has 5 heteroatoms. The maximum Gasteiger partial charge on any atom is 0.242 e. The van der Waals surface area contributed by atoms with Crippen LogP contribution in [0.25, 0.3) is 0 Å². The van der Waals surface area contributed by atoms with Crippen LogP contribution >= 0.6 is 0 Å². The van der Waals surface area contributed by atoms with E-state index in [9.17, 15) is 8.42 Å². The Balaban J connectivity index is 3.15. The van der Waals surface area contributed by atoms with Gasteiger partial charge in [0.15, 0.2) is 0 Å². The van der Waals surface area contributed by atoms with Crippen LogP contribution in [0.4, 0.5) is 0 Å². The van der Waals surface area contributed by atoms with Gasteiger partial charge in [-0.3, -0.25) is 0 Å². The summed E-state index contributed by atoms with van der Waals surface area (Å²) in [6, 6.07) is 5.54. The normalized spacial score (nSPS) is 12.1. The lowest BCUT2D eigenvalue weighted by molar-refractivity contribution is 0.520. The van der Waals surface area contributed by atoms with Gasteiger partial charge in [-0.1, -0.05) is 19.1 Å². The molecule has 0 radical (unpaired) electrons. The number of hydrogen-bond acceptors (Lipinski definition) is 3. The zero-order valence-electron chi connectivity index (χ0n) is 10.8. The van der Waals surface area contributed by atoms with Crippen molar-refractivity contribution in [1.82, 2.24) is 9.62 Å². The van der Waals surface area contributed by atoms with Crippen molar-refractivity contribution >= 4 is 10.0 Å². The Hall–Kier alpha value is -0.910. The van der Waals surface area contributed by atoms with Gasteiger partial charge < -0.3 is 5.32 Å². The maximum absolute atomic E-state index is 12.1. The van der Waals surface area contributed by atoms with E-state index in [1.54, 1.807) is 20.2 Å². The van der Waals surface area contributed by atoms with Gasteiger partial charge in [0, 0.05) is 20.6 Å². The minimum Gasteiger partial charge on any atom is -0.313 e. The minimum absolute atomic E-state index is 0.387. The molecule has 0 amide bonds. The van der Waals surface area contributed by atoms with Gasteiger partial charge in [-0.05, 0) is 30.7 Å². The molecule has 1 aromatic carbocycles. The fourth-order valence-electron chi connectivity index (χ4n) is 1.50. The smallest absolute Gasteiger partial charge is 0.242 e. The van der Waals surface area contributed by atoms with Gasteiger partial charge in [-0.2, -0.15) is 0 Å². The van der Waals surface area contributed by atoms with Crippen LogP contribution in [-0.2, 0) is 16.6 Å². The molecule has 0 unspecified atom stereocenters. The first-order valence-corrected chi connectivity index (χ1v) is 7.06. The number of benzene rings is 1. The summed E-state index contributed by atoms with van der Waals surface area (Å²) in [6.45, 7) is 5.38. The molecule has 96 valence electrons. The van der Waals surface area contributed by atoms with Crippen molar-refractivity contribution in [2.24, 2.45) is 0 Å². The second kappa shape index (κ2) is 5.62. The van der Waals surface area contributed by atoms with Gasteiger partial charge in [-0.25, -0.2) is 12.7 Å². The number of aryl methyl sites for hydroxylation is 1. The molecule has 1 rings (SSSR count). The molecule has 0 bridgehead atoms. The summed E-state index contributed by atoms with van der Waals surface area (Å²) < 4.78 is 25.4. The largest absolute Gasteiger partial charge is 0.313 e. The average molecular weight is 256 g/mol. The molecule has 0 aliphatic carbocycles. The standard InChI is InChI=1S/C12H20N2O2S/c1-5-13-9-11-7-6-10(2)12(8-11)17(15,16)14(3)4/h6-8,13H,5,9H2,1-4H3. The summed E-state index contributed by atoms with van der Waals surface area (Å²) in [6.07, 6.45) is 0. The van der Waals surface area contributed by atoms with Crippen molar-refractivity contribution in [2.75, 3.05) is 20.6 Å². The van der Waals surface area contributed by atoms with Gasteiger partial charge >= 0.3 is 0 Å². The molecule has 0 atom stereocenters. The van der Waals surface area contributed by atoms with E-state index in [2.05, 4.69) is 5.32 Å². The van der Waals surface area contributed by atoms with Gasteiger partial charge in [0.1, 0.15) is 0 Å². The third-order valence-electron chi connectivity index (χ3n) is 2.59. The van der Waals surface area contributed by atoms with Gasteiger partial charge in [0.25, 0.3) is 0 Å². The summed E-state index contributed by atoms with van der Waals surface area (Å²) in [5, 5.41) is 3.18. The number of nitrogens with zero attached hydrogens (tertiary/aromatic N) is 1. The molecule has 0 saturated carbocycles. The molecule has 0 saturated heterocycles. The van der Waals surface area contributed by atoms with E-state index in [0.717, 1.165) is 17.7 Å². The van der Waals surface area contributed by atoms with Crippen LogP contribution in [0.2, 0.25) is 0 Å². The number of hydrogen-bond donors (Lipinski definition) is 1. The summed E-state index contributed by atoms with van der Waals surface area (Å²) in [7, 11) is -0.255. The van der Waals surface area contributed by atoms with E-state index < -0.39 is 10.0 Å². The van der Waals surface area contributed by atoms with Gasteiger partial charge in [0.05, 0.1) is 4.90 Å². The highest BCUT2D eigenvalue weighted by Gasteiger charge is 2.19. The van der Waals surface area contributed by atoms with Crippen molar-refractivity contribution in [3.63, 3.8) is 0 Å². The third-order valence-corrected chi connectivity index (χ3v) is 4.55. The first kappa shape index (κ1) is 14.2. The molecule has 1 N–H and O–H groups in total. The molecule has 0 fully saturated rings. The topological polar surface area (TPSA) is 49.4 Å². The molecular weight excluding hydrogens is 236 g/mol. The van der Waals surface area contributed by atoms with Crippen molar-refractivity contribution in [1.29, 1.82) is 0 Å². The van der Waals surface area contributed by atoms with Crippen LogP contribution in [0.3, 0.4) is 0 Å². The molecule has 1 aromatic rings. The van der Waals surface area contributed by atoms with Crippen molar-refractivity contribution in [3.8, 4) is 0 Å². The van der Waals surface area contributed by atoms with E-state index in [0.29, 0.717) is 11.4 Å². The van der Waals surface area contributed by atoms with E-state index in [-0.39, 0.29) is 0 Å². The Morgan fingerprint density at radius 1 is 1.29 bits per heavy atom. The van der Waals surface area contributed by atoms with Crippen LogP contribution in [0.15, 0.2) is 23.1 Å². The molecule has 0 aromatic heterocycles. The van der Waals surface area contributed by atoms with Crippen LogP contribution in [-0.4, -0.2) is 33.4 Å². The minimum atomic E-state index is -3.35. The predicted octanol–water partition coefficient (Wildman–Crippen LogP) is 1.35. The highest BCUT2D eigenvalue weighted by molar-refractivity contribution is 7.89. The lowest BCUT2D eigenvalue weighted by Gasteiger charge is -2.14. The summed E-state index contributed by atoms with van der Waals surface area (Å²) >= 11 is 0. The zero-order valence-corrected chi connectivity index (χ0v) is 11.6. The molecule has 0 aliphatic rings. The Morgan fingerprint density at radius 2 is 1.94 bits per heavy atom. The van der Waals surface area contributed by atoms with E-state index in [1.165, 1.54) is 4.31 Å². The third kappa shape index (κ3) is 3.28. The highest BCUT2D eigenvalue weighted by atomic mass is 32.2. The fraction of sp³-hybridized carbons (Fsp3) is 0.500. The average Bonchev–Trinajstić information content (AvgIpc) is 2.27. The Bertz CT molecular complexity index is 481. The Labute approximate surface area is 104 Å². The van der Waals surface area contributed by atoms with Crippen molar-refractivity contribution in [2.45, 2.75) is 25.3 Å². The molecule has 0 aliphatic heterocycles. The molecule has 0 heterocycles. The van der Waals surface area contributed by atoms with Crippen LogP contribution < -0.4 is 5.32 Å². The monoisotopic (exact) mass is 256 g/mol. The summed E-state index contributed by atoms with van der Waals surface area (Å²) in [5.41, 5.74) is 1.76. The van der Waals surface area contributed by atoms with E-state index >= 15 is 0 Å². The van der Waals surface area contributed by atoms with E-state index in [4.69, 9.17) is 0 Å². The molecule has 0 spiro atoms. The molecule has 4 nitrogen and oxygen atoms in total. The van der Waals surface area contributed by atoms with Gasteiger partial charge in [-0.15, -0.1) is 0 Å². The van der Waals surface area contributed by atoms with Crippen molar-refractivity contribution < 1.29 is 8.42 Å². The van der Waals surface area contributed by atoms with Crippen LogP contribution in [0.1, 0.15) is 18.1 Å². The van der Waals surface area contributed by atoms with E-state index in [1.807, 2.05) is 26.0 Å². The van der Waals surface area contributed by atoms with Crippen molar-refractivity contribution in [3.05, 3.63) is 29.3 Å². The quantitative estimate of drug-likeness (QED) is 0.865. The first-order chi connectivity index (χ1) is 7.89.